The summed E-state index contributed by atoms with van der Waals surface area (Å²) in [5.74, 6) is 0.499. The first-order chi connectivity index (χ1) is 12.5. The van der Waals surface area contributed by atoms with Gasteiger partial charge in [-0.05, 0) is 19.8 Å². The van der Waals surface area contributed by atoms with Crippen LogP contribution in [0.4, 0.5) is 0 Å². The number of aromatic nitrogens is 2. The fourth-order valence-corrected chi connectivity index (χ4v) is 3.25. The van der Waals surface area contributed by atoms with Crippen molar-refractivity contribution in [3.63, 3.8) is 0 Å². The van der Waals surface area contributed by atoms with Crippen molar-refractivity contribution in [2.45, 2.75) is 32.6 Å². The molecule has 26 heavy (non-hydrogen) atoms. The highest BCUT2D eigenvalue weighted by Crippen LogP contribution is 2.37. The molecule has 1 fully saturated rings. The lowest BCUT2D eigenvalue weighted by Crippen LogP contribution is -2.42. The third-order valence-corrected chi connectivity index (χ3v) is 4.88. The summed E-state index contributed by atoms with van der Waals surface area (Å²) < 4.78 is 12.9. The Labute approximate surface area is 153 Å². The summed E-state index contributed by atoms with van der Waals surface area (Å²) in [6, 6.07) is 11.7. The number of rotatable bonds is 6. The molecule has 3 rings (SSSR count). The Bertz CT molecular complexity index is 772. The summed E-state index contributed by atoms with van der Waals surface area (Å²) in [6.45, 7) is 2.29. The molecule has 1 aliphatic rings. The predicted molar refractivity (Wildman–Crippen MR) is 96.7 cm³/mol. The van der Waals surface area contributed by atoms with E-state index in [9.17, 15) is 9.59 Å². The van der Waals surface area contributed by atoms with Crippen LogP contribution in [-0.4, -0.2) is 34.7 Å². The molecule has 0 aliphatic heterocycles. The van der Waals surface area contributed by atoms with Crippen LogP contribution in [0, 0.1) is 5.41 Å². The van der Waals surface area contributed by atoms with Gasteiger partial charge < -0.3 is 9.47 Å². The van der Waals surface area contributed by atoms with E-state index in [0.29, 0.717) is 38.2 Å². The molecule has 138 valence electrons. The van der Waals surface area contributed by atoms with Gasteiger partial charge in [-0.25, -0.2) is 4.68 Å². The molecule has 0 bridgehead atoms. The van der Waals surface area contributed by atoms with E-state index in [-0.39, 0.29) is 18.4 Å². The SMILES string of the molecule is CCOC(=O)C1(COc2cc(-c3ccccc3)nn2C)CCC(=O)CC1. The third kappa shape index (κ3) is 3.79. The van der Waals surface area contributed by atoms with E-state index in [2.05, 4.69) is 5.10 Å². The maximum atomic E-state index is 12.5. The van der Waals surface area contributed by atoms with E-state index in [1.165, 1.54) is 0 Å². The van der Waals surface area contributed by atoms with Gasteiger partial charge >= 0.3 is 5.97 Å². The number of ether oxygens (including phenoxy) is 2. The van der Waals surface area contributed by atoms with Gasteiger partial charge in [0.05, 0.1) is 12.3 Å². The highest BCUT2D eigenvalue weighted by molar-refractivity contribution is 5.84. The van der Waals surface area contributed by atoms with Crippen LogP contribution < -0.4 is 4.74 Å². The van der Waals surface area contributed by atoms with Gasteiger partial charge in [-0.2, -0.15) is 5.10 Å². The van der Waals surface area contributed by atoms with Gasteiger partial charge in [0.2, 0.25) is 5.88 Å². The molecule has 1 aromatic heterocycles. The van der Waals surface area contributed by atoms with Crippen molar-refractivity contribution < 1.29 is 19.1 Å². The molecular weight excluding hydrogens is 332 g/mol. The molecule has 0 radical (unpaired) electrons. The Kier molecular flexibility index (Phi) is 5.40. The summed E-state index contributed by atoms with van der Waals surface area (Å²) in [6.07, 6.45) is 1.72. The van der Waals surface area contributed by atoms with Crippen molar-refractivity contribution in [1.82, 2.24) is 9.78 Å². The maximum absolute atomic E-state index is 12.5. The van der Waals surface area contributed by atoms with Crippen molar-refractivity contribution >= 4 is 11.8 Å². The van der Waals surface area contributed by atoms with Crippen LogP contribution in [0.1, 0.15) is 32.6 Å². The molecule has 0 spiro atoms. The van der Waals surface area contributed by atoms with E-state index >= 15 is 0 Å². The lowest BCUT2D eigenvalue weighted by atomic mass is 9.74. The largest absolute Gasteiger partial charge is 0.477 e. The second-order valence-electron chi connectivity index (χ2n) is 6.69. The van der Waals surface area contributed by atoms with Crippen molar-refractivity contribution in [1.29, 1.82) is 0 Å². The molecule has 0 unspecified atom stereocenters. The van der Waals surface area contributed by atoms with Gasteiger partial charge in [-0.1, -0.05) is 30.3 Å². The van der Waals surface area contributed by atoms with E-state index in [4.69, 9.17) is 9.47 Å². The summed E-state index contributed by atoms with van der Waals surface area (Å²) in [5, 5.41) is 4.48. The highest BCUT2D eigenvalue weighted by atomic mass is 16.5. The average molecular weight is 356 g/mol. The van der Waals surface area contributed by atoms with Gasteiger partial charge in [0, 0.05) is 31.5 Å². The lowest BCUT2D eigenvalue weighted by molar-refractivity contribution is -0.160. The summed E-state index contributed by atoms with van der Waals surface area (Å²) in [7, 11) is 1.81. The molecule has 1 aromatic carbocycles. The van der Waals surface area contributed by atoms with Crippen LogP contribution in [-0.2, 0) is 21.4 Å². The number of carbonyl (C=O) groups is 2. The second kappa shape index (κ2) is 7.72. The molecule has 0 atom stereocenters. The number of carbonyl (C=O) groups excluding carboxylic acids is 2. The Morgan fingerprint density at radius 2 is 1.92 bits per heavy atom. The number of aryl methyl sites for hydroxylation is 1. The van der Waals surface area contributed by atoms with Crippen LogP contribution in [0.3, 0.4) is 0 Å². The summed E-state index contributed by atoms with van der Waals surface area (Å²) in [4.78, 5) is 24.1. The molecule has 1 aliphatic carbocycles. The van der Waals surface area contributed by atoms with E-state index in [0.717, 1.165) is 11.3 Å². The molecule has 1 heterocycles. The highest BCUT2D eigenvalue weighted by Gasteiger charge is 2.44. The lowest BCUT2D eigenvalue weighted by Gasteiger charge is -2.33. The molecule has 0 amide bonds. The molecular formula is C20H24N2O4. The minimum absolute atomic E-state index is 0.187. The Morgan fingerprint density at radius 3 is 2.58 bits per heavy atom. The normalized spacial score (nSPS) is 16.3. The summed E-state index contributed by atoms with van der Waals surface area (Å²) >= 11 is 0. The molecule has 6 heteroatoms. The standard InChI is InChI=1S/C20H24N2O4/c1-3-25-19(24)20(11-9-16(23)10-12-20)14-26-18-13-17(21-22(18)2)15-7-5-4-6-8-15/h4-8,13H,3,9-12,14H2,1-2H3. The van der Waals surface area contributed by atoms with Crippen molar-refractivity contribution in [2.75, 3.05) is 13.2 Å². The molecule has 0 N–H and O–H groups in total. The number of hydrogen-bond acceptors (Lipinski definition) is 5. The van der Waals surface area contributed by atoms with Crippen LogP contribution in [0.25, 0.3) is 11.3 Å². The number of esters is 1. The van der Waals surface area contributed by atoms with E-state index in [1.807, 2.05) is 43.4 Å². The molecule has 0 saturated heterocycles. The second-order valence-corrected chi connectivity index (χ2v) is 6.69. The Hall–Kier alpha value is -2.63. The van der Waals surface area contributed by atoms with Gasteiger partial charge in [0.1, 0.15) is 17.8 Å². The number of benzene rings is 1. The third-order valence-electron chi connectivity index (χ3n) is 4.88. The summed E-state index contributed by atoms with van der Waals surface area (Å²) in [5.41, 5.74) is 1.05. The smallest absolute Gasteiger partial charge is 0.315 e. The zero-order chi connectivity index (χ0) is 18.6. The minimum Gasteiger partial charge on any atom is -0.477 e. The van der Waals surface area contributed by atoms with Gasteiger partial charge in [-0.15, -0.1) is 0 Å². The average Bonchev–Trinajstić information content (AvgIpc) is 3.03. The first-order valence-electron chi connectivity index (χ1n) is 8.95. The van der Waals surface area contributed by atoms with Crippen molar-refractivity contribution in [3.05, 3.63) is 36.4 Å². The topological polar surface area (TPSA) is 70.4 Å². The zero-order valence-electron chi connectivity index (χ0n) is 15.2. The Balaban J connectivity index is 1.76. The van der Waals surface area contributed by atoms with Crippen LogP contribution in [0.2, 0.25) is 0 Å². The first kappa shape index (κ1) is 18.2. The van der Waals surface area contributed by atoms with E-state index in [1.54, 1.807) is 11.6 Å². The fraction of sp³-hybridized carbons (Fsp3) is 0.450. The predicted octanol–water partition coefficient (Wildman–Crippen LogP) is 3.16. The number of Topliss-reactive ketones (excluding diaryl/α,β-unsaturated/α-hetero) is 1. The van der Waals surface area contributed by atoms with Crippen molar-refractivity contribution in [3.8, 4) is 17.1 Å². The van der Waals surface area contributed by atoms with E-state index < -0.39 is 5.41 Å². The fourth-order valence-electron chi connectivity index (χ4n) is 3.25. The van der Waals surface area contributed by atoms with Crippen LogP contribution >= 0.6 is 0 Å². The minimum atomic E-state index is -0.763. The van der Waals surface area contributed by atoms with Gasteiger partial charge in [0.25, 0.3) is 0 Å². The van der Waals surface area contributed by atoms with Crippen LogP contribution in [0.5, 0.6) is 5.88 Å². The monoisotopic (exact) mass is 356 g/mol. The molecule has 2 aromatic rings. The Morgan fingerprint density at radius 1 is 1.23 bits per heavy atom. The van der Waals surface area contributed by atoms with Gasteiger partial charge in [-0.3, -0.25) is 9.59 Å². The van der Waals surface area contributed by atoms with Crippen molar-refractivity contribution in [2.24, 2.45) is 12.5 Å². The van der Waals surface area contributed by atoms with Crippen LogP contribution in [0.15, 0.2) is 36.4 Å². The molecule has 6 nitrogen and oxygen atoms in total. The quantitative estimate of drug-likeness (QED) is 0.744. The maximum Gasteiger partial charge on any atom is 0.315 e. The first-order valence-corrected chi connectivity index (χ1v) is 8.95. The molecule has 1 saturated carbocycles. The number of ketones is 1. The van der Waals surface area contributed by atoms with Gasteiger partial charge in [0.15, 0.2) is 0 Å². The number of hydrogen-bond donors (Lipinski definition) is 0. The zero-order valence-corrected chi connectivity index (χ0v) is 15.2. The number of nitrogens with zero attached hydrogens (tertiary/aromatic N) is 2.